The third kappa shape index (κ3) is 9.80. The molecule has 0 unspecified atom stereocenters. The van der Waals surface area contributed by atoms with Gasteiger partial charge in [-0.25, -0.2) is 0 Å². The van der Waals surface area contributed by atoms with Crippen LogP contribution < -0.4 is 31.1 Å². The van der Waals surface area contributed by atoms with Crippen LogP contribution in [0.3, 0.4) is 0 Å². The molecule has 0 aromatic heterocycles. The number of para-hydroxylation sites is 2. The van der Waals surface area contributed by atoms with Crippen molar-refractivity contribution in [2.75, 3.05) is 14.7 Å². The van der Waals surface area contributed by atoms with E-state index in [1.807, 2.05) is 0 Å². The zero-order chi connectivity index (χ0) is 71.3. The number of benzene rings is 17. The van der Waals surface area contributed by atoms with Crippen molar-refractivity contribution in [3.63, 3.8) is 0 Å². The molecule has 0 radical (unpaired) electrons. The van der Waals surface area contributed by atoms with Gasteiger partial charge in [0.05, 0.1) is 11.4 Å². The Morgan fingerprint density at radius 3 is 0.888 bits per heavy atom. The first-order valence-electron chi connectivity index (χ1n) is 39.1. The van der Waals surface area contributed by atoms with Crippen LogP contribution in [0.5, 0.6) is 0 Å². The Labute approximate surface area is 627 Å². The molecule has 4 bridgehead atoms. The van der Waals surface area contributed by atoms with Gasteiger partial charge in [0.15, 0.2) is 0 Å². The molecule has 0 amide bonds. The van der Waals surface area contributed by atoms with E-state index in [0.29, 0.717) is 12.1 Å². The van der Waals surface area contributed by atoms with E-state index < -0.39 is 0 Å². The molecule has 2 saturated carbocycles. The molecule has 4 fully saturated rings. The Bertz CT molecular complexity index is 5830. The standard InChI is InChI=1S/C103H82BN3/c1-102(2,3)80-54-74-37-33-70-50-78(51-71-34-38-75(55-80)97(74)95(70)71)68-41-43-91-89(58-68)104-90-59-69(79-52-72-35-39-76-56-81(103(4,5)6)57-77-40-36-73(53-79)96(72)98(76)77)42-44-92(90)107(101-87(66-25-15-9-16-26-66)31-20-32-88(101)67-27-17-10-18-28-67)94-61-84(105-82-46-62-45-63(48-82)49-83(105)47-62)60-93(99(94)104)106(91)100-85(64-21-11-7-12-22-64)29-19-30-86(100)65-23-13-8-14-24-65/h7-44,50-63,82-83H,45-49H2,1-6H3. The van der Waals surface area contributed by atoms with Gasteiger partial charge in [-0.1, -0.05) is 296 Å². The maximum absolute atomic E-state index is 2.96. The predicted molar refractivity (Wildman–Crippen MR) is 458 cm³/mol. The van der Waals surface area contributed by atoms with Crippen molar-refractivity contribution < 1.29 is 0 Å². The lowest BCUT2D eigenvalue weighted by molar-refractivity contribution is 0.0900. The molecule has 6 aliphatic rings. The van der Waals surface area contributed by atoms with E-state index in [-0.39, 0.29) is 17.5 Å². The van der Waals surface area contributed by atoms with Crippen molar-refractivity contribution in [3.05, 3.63) is 314 Å². The number of hydrogen-bond donors (Lipinski definition) is 0. The lowest BCUT2D eigenvalue weighted by Crippen LogP contribution is -2.62. The van der Waals surface area contributed by atoms with Crippen LogP contribution in [-0.2, 0) is 10.8 Å². The normalized spacial score (nSPS) is 17.4. The summed E-state index contributed by atoms with van der Waals surface area (Å²) in [7, 11) is 0. The van der Waals surface area contributed by atoms with Crippen molar-refractivity contribution in [2.24, 2.45) is 11.8 Å². The minimum atomic E-state index is -0.225. The van der Waals surface area contributed by atoms with Crippen LogP contribution in [0.25, 0.3) is 131 Å². The highest BCUT2D eigenvalue weighted by Crippen LogP contribution is 2.57. The smallest absolute Gasteiger partial charge is 0.252 e. The molecule has 3 nitrogen and oxygen atoms in total. The topological polar surface area (TPSA) is 9.72 Å². The summed E-state index contributed by atoms with van der Waals surface area (Å²) in [6, 6.07) is 119. The van der Waals surface area contributed by atoms with Gasteiger partial charge >= 0.3 is 0 Å². The number of anilines is 7. The van der Waals surface area contributed by atoms with Gasteiger partial charge in [0, 0.05) is 62.8 Å². The highest BCUT2D eigenvalue weighted by atomic mass is 15.2. The van der Waals surface area contributed by atoms with Gasteiger partial charge in [-0.3, -0.25) is 0 Å². The first kappa shape index (κ1) is 62.6. The zero-order valence-electron chi connectivity index (χ0n) is 61.6. The second kappa shape index (κ2) is 23.4. The summed E-state index contributed by atoms with van der Waals surface area (Å²) in [5, 5.41) is 15.7. The van der Waals surface area contributed by atoms with Crippen molar-refractivity contribution in [3.8, 4) is 66.8 Å². The zero-order valence-corrected chi connectivity index (χ0v) is 61.6. The Morgan fingerprint density at radius 1 is 0.271 bits per heavy atom. The van der Waals surface area contributed by atoms with Gasteiger partial charge in [-0.2, -0.15) is 0 Å². The number of rotatable bonds is 9. The third-order valence-electron chi connectivity index (χ3n) is 25.5. The Balaban J connectivity index is 0.864. The fourth-order valence-electron chi connectivity index (χ4n) is 20.8. The van der Waals surface area contributed by atoms with Crippen LogP contribution in [0, 0.1) is 11.8 Å². The van der Waals surface area contributed by atoms with Gasteiger partial charge in [-0.05, 0) is 240 Å². The fourth-order valence-corrected chi connectivity index (χ4v) is 20.8. The summed E-state index contributed by atoms with van der Waals surface area (Å²) < 4.78 is 0. The van der Waals surface area contributed by atoms with Crippen molar-refractivity contribution in [2.45, 2.75) is 96.6 Å². The first-order valence-corrected chi connectivity index (χ1v) is 39.1. The molecule has 4 heteroatoms. The summed E-state index contributed by atoms with van der Waals surface area (Å²) in [5.74, 6) is 1.57. The monoisotopic (exact) mass is 1370 g/mol. The van der Waals surface area contributed by atoms with Crippen LogP contribution in [0.1, 0.15) is 84.8 Å². The summed E-state index contributed by atoms with van der Waals surface area (Å²) in [4.78, 5) is 8.49. The molecule has 0 atom stereocenters. The van der Waals surface area contributed by atoms with E-state index in [1.165, 1.54) is 231 Å². The molecule has 0 N–H and O–H groups in total. The predicted octanol–water partition coefficient (Wildman–Crippen LogP) is 25.9. The highest BCUT2D eigenvalue weighted by Gasteiger charge is 2.50. The summed E-state index contributed by atoms with van der Waals surface area (Å²) in [6.07, 6.45) is 6.39. The van der Waals surface area contributed by atoms with E-state index >= 15 is 0 Å². The van der Waals surface area contributed by atoms with E-state index in [1.54, 1.807) is 0 Å². The molecule has 2 aliphatic carbocycles. The van der Waals surface area contributed by atoms with Crippen molar-refractivity contribution >= 4 is 128 Å². The van der Waals surface area contributed by atoms with Gasteiger partial charge in [0.25, 0.3) is 6.71 Å². The largest absolute Gasteiger partial charge is 0.365 e. The Kier molecular flexibility index (Phi) is 13.7. The van der Waals surface area contributed by atoms with Gasteiger partial charge in [0.2, 0.25) is 0 Å². The number of nitrogens with zero attached hydrogens (tertiary/aromatic N) is 3. The molecule has 0 spiro atoms. The van der Waals surface area contributed by atoms with Crippen LogP contribution in [0.2, 0.25) is 0 Å². The molecular formula is C103H82BN3. The van der Waals surface area contributed by atoms with E-state index in [9.17, 15) is 0 Å². The van der Waals surface area contributed by atoms with Gasteiger partial charge in [-0.15, -0.1) is 0 Å². The number of piperidine rings is 2. The molecule has 17 aromatic carbocycles. The number of fused-ring (bicyclic) bond motifs is 4. The van der Waals surface area contributed by atoms with Gasteiger partial charge in [0.1, 0.15) is 0 Å². The minimum Gasteiger partial charge on any atom is -0.365 e. The second-order valence-electron chi connectivity index (χ2n) is 34.0. The summed E-state index contributed by atoms with van der Waals surface area (Å²) >= 11 is 0. The average molecular weight is 1370 g/mol. The van der Waals surface area contributed by atoms with E-state index in [4.69, 9.17) is 0 Å². The first-order chi connectivity index (χ1) is 52.3. The molecule has 512 valence electrons. The second-order valence-corrected chi connectivity index (χ2v) is 34.0. The van der Waals surface area contributed by atoms with Crippen LogP contribution >= 0.6 is 0 Å². The van der Waals surface area contributed by atoms with Gasteiger partial charge < -0.3 is 14.7 Å². The lowest BCUT2D eigenvalue weighted by Gasteiger charge is -2.58. The average Bonchev–Trinajstić information content (AvgIpc) is 0.681. The van der Waals surface area contributed by atoms with Crippen LogP contribution in [0.15, 0.2) is 303 Å². The van der Waals surface area contributed by atoms with E-state index in [2.05, 4.69) is 360 Å². The quantitative estimate of drug-likeness (QED) is 0.105. The molecule has 4 aliphatic heterocycles. The molecule has 23 rings (SSSR count). The fraction of sp³-hybridized carbons (Fsp3) is 0.165. The van der Waals surface area contributed by atoms with Crippen molar-refractivity contribution in [1.82, 2.24) is 0 Å². The summed E-state index contributed by atoms with van der Waals surface area (Å²) in [5.41, 5.74) is 29.5. The van der Waals surface area contributed by atoms with Crippen LogP contribution in [-0.4, -0.2) is 18.8 Å². The minimum absolute atomic E-state index is 0.0282. The maximum Gasteiger partial charge on any atom is 0.252 e. The number of hydrogen-bond acceptors (Lipinski definition) is 3. The molecular weight excluding hydrogens is 1290 g/mol. The van der Waals surface area contributed by atoms with Crippen molar-refractivity contribution in [1.29, 1.82) is 0 Å². The lowest BCUT2D eigenvalue weighted by atomic mass is 9.33. The molecule has 2 saturated heterocycles. The summed E-state index contributed by atoms with van der Waals surface area (Å²) in [6.45, 7) is 13.7. The molecule has 107 heavy (non-hydrogen) atoms. The SMILES string of the molecule is CC(C)(C)c1cc2ccc3cc(-c4ccc5c(c4)B4c6cc(-c7cc8ccc9cc(C(C)(C)C)cc%10ccc(c7)c8c9%10)ccc6N(c6c(-c7ccccc7)cccc6-c6ccccc6)c6cc(N7C8CC9CC(C8)CC7C9)cc(c64)N5c4c(-c5ccccc5)cccc4-c4ccccc4)cc4ccc(c1)c2c34. The Morgan fingerprint density at radius 2 is 0.579 bits per heavy atom. The maximum atomic E-state index is 2.96. The molecule has 4 heterocycles. The Hall–Kier alpha value is -11.7. The van der Waals surface area contributed by atoms with Crippen LogP contribution in [0.4, 0.5) is 39.8 Å². The van der Waals surface area contributed by atoms with E-state index in [0.717, 1.165) is 11.8 Å². The molecule has 17 aromatic rings. The highest BCUT2D eigenvalue weighted by molar-refractivity contribution is 7.00. The third-order valence-corrected chi connectivity index (χ3v) is 25.5.